The third-order valence-electron chi connectivity index (χ3n) is 3.44. The fourth-order valence-corrected chi connectivity index (χ4v) is 2.49. The topological polar surface area (TPSA) is 30.5 Å². The lowest BCUT2D eigenvalue weighted by molar-refractivity contribution is 0.170. The number of nitrogens with one attached hydrogen (secondary N) is 1. The van der Waals surface area contributed by atoms with Crippen molar-refractivity contribution in [3.63, 3.8) is 0 Å². The highest BCUT2D eigenvalue weighted by atomic mass is 19.1. The van der Waals surface area contributed by atoms with Gasteiger partial charge in [0.1, 0.15) is 0 Å². The normalized spacial score (nSPS) is 27.4. The zero-order valence-electron chi connectivity index (χ0n) is 9.18. The van der Waals surface area contributed by atoms with E-state index in [-0.39, 0.29) is 23.9 Å². The summed E-state index contributed by atoms with van der Waals surface area (Å²) in [5.41, 5.74) is 0.402. The summed E-state index contributed by atoms with van der Waals surface area (Å²) in [6.45, 7) is 3.07. The van der Waals surface area contributed by atoms with Crippen LogP contribution in [0.25, 0.3) is 0 Å². The van der Waals surface area contributed by atoms with Crippen LogP contribution in [0.1, 0.15) is 25.3 Å². The third kappa shape index (κ3) is 1.29. The summed E-state index contributed by atoms with van der Waals surface area (Å²) in [6, 6.07) is 3.58. The lowest BCUT2D eigenvalue weighted by atomic mass is 9.90. The number of fused-ring (bicyclic) bond motifs is 1. The average molecular weight is 223 g/mol. The maximum atomic E-state index is 14.2. The van der Waals surface area contributed by atoms with Gasteiger partial charge in [-0.05, 0) is 32.4 Å². The summed E-state index contributed by atoms with van der Waals surface area (Å²) in [5, 5.41) is 3.34. The molecule has 2 aliphatic rings. The molecule has 0 aliphatic carbocycles. The van der Waals surface area contributed by atoms with E-state index >= 15 is 0 Å². The quantitative estimate of drug-likeness (QED) is 0.791. The molecule has 1 aromatic rings. The van der Waals surface area contributed by atoms with Crippen LogP contribution in [0.4, 0.5) is 4.39 Å². The molecule has 16 heavy (non-hydrogen) atoms. The Morgan fingerprint density at radius 2 is 2.25 bits per heavy atom. The molecule has 1 saturated heterocycles. The first-order valence-electron chi connectivity index (χ1n) is 5.54. The van der Waals surface area contributed by atoms with Crippen LogP contribution >= 0.6 is 0 Å². The van der Waals surface area contributed by atoms with E-state index in [9.17, 15) is 4.39 Å². The van der Waals surface area contributed by atoms with E-state index in [2.05, 4.69) is 5.32 Å². The second-order valence-electron chi connectivity index (χ2n) is 4.52. The summed E-state index contributed by atoms with van der Waals surface area (Å²) in [4.78, 5) is 0. The molecule has 3 rings (SSSR count). The summed E-state index contributed by atoms with van der Waals surface area (Å²) in [7, 11) is 0. The van der Waals surface area contributed by atoms with E-state index in [4.69, 9.17) is 9.47 Å². The van der Waals surface area contributed by atoms with Gasteiger partial charge in [0.05, 0.1) is 0 Å². The maximum Gasteiger partial charge on any atom is 0.231 e. The van der Waals surface area contributed by atoms with Crippen LogP contribution in [0.2, 0.25) is 0 Å². The Balaban J connectivity index is 2.08. The molecule has 86 valence electrons. The minimum Gasteiger partial charge on any atom is -0.453 e. The van der Waals surface area contributed by atoms with E-state index in [0.29, 0.717) is 11.3 Å². The molecule has 1 atom stereocenters. The zero-order valence-corrected chi connectivity index (χ0v) is 9.18. The highest BCUT2D eigenvalue weighted by molar-refractivity contribution is 5.48. The molecule has 0 bridgehead atoms. The fraction of sp³-hybridized carbons (Fsp3) is 0.500. The number of ether oxygens (including phenoxy) is 2. The number of halogens is 1. The largest absolute Gasteiger partial charge is 0.453 e. The molecule has 0 saturated carbocycles. The second kappa shape index (κ2) is 3.35. The first-order valence-corrected chi connectivity index (χ1v) is 5.54. The zero-order chi connectivity index (χ0) is 11.2. The molecule has 1 N–H and O–H groups in total. The summed E-state index contributed by atoms with van der Waals surface area (Å²) in [6.07, 6.45) is 2.02. The van der Waals surface area contributed by atoms with Crippen LogP contribution in [0.3, 0.4) is 0 Å². The summed E-state index contributed by atoms with van der Waals surface area (Å²) < 4.78 is 24.5. The monoisotopic (exact) mass is 223 g/mol. The molecule has 4 heteroatoms. The van der Waals surface area contributed by atoms with Gasteiger partial charge in [0, 0.05) is 11.1 Å². The van der Waals surface area contributed by atoms with Crippen LogP contribution in [-0.4, -0.2) is 13.3 Å². The van der Waals surface area contributed by atoms with Crippen molar-refractivity contribution in [1.29, 1.82) is 0 Å². The fourth-order valence-electron chi connectivity index (χ4n) is 2.49. The molecule has 1 unspecified atom stereocenters. The van der Waals surface area contributed by atoms with Gasteiger partial charge >= 0.3 is 0 Å². The maximum absolute atomic E-state index is 14.2. The van der Waals surface area contributed by atoms with Gasteiger partial charge in [-0.25, -0.2) is 4.39 Å². The van der Waals surface area contributed by atoms with Crippen LogP contribution in [0.15, 0.2) is 12.1 Å². The number of rotatable bonds is 1. The van der Waals surface area contributed by atoms with Crippen LogP contribution in [0, 0.1) is 5.82 Å². The Bertz CT molecular complexity index is 427. The van der Waals surface area contributed by atoms with E-state index in [1.807, 2.05) is 6.92 Å². The van der Waals surface area contributed by atoms with Gasteiger partial charge in [-0.3, -0.25) is 0 Å². The van der Waals surface area contributed by atoms with E-state index in [1.54, 1.807) is 12.1 Å². The van der Waals surface area contributed by atoms with Crippen molar-refractivity contribution in [2.24, 2.45) is 0 Å². The van der Waals surface area contributed by atoms with Crippen molar-refractivity contribution >= 4 is 0 Å². The molecule has 0 spiro atoms. The highest BCUT2D eigenvalue weighted by Crippen LogP contribution is 2.41. The van der Waals surface area contributed by atoms with Gasteiger partial charge in [0.15, 0.2) is 11.6 Å². The van der Waals surface area contributed by atoms with Gasteiger partial charge in [0.2, 0.25) is 12.5 Å². The third-order valence-corrected chi connectivity index (χ3v) is 3.44. The van der Waals surface area contributed by atoms with Gasteiger partial charge < -0.3 is 14.8 Å². The predicted molar refractivity (Wildman–Crippen MR) is 57.1 cm³/mol. The van der Waals surface area contributed by atoms with Gasteiger partial charge in [-0.2, -0.15) is 0 Å². The number of benzene rings is 1. The Kier molecular flexibility index (Phi) is 2.07. The molecule has 1 aromatic carbocycles. The Labute approximate surface area is 93.6 Å². The first-order chi connectivity index (χ1) is 7.71. The molecule has 3 nitrogen and oxygen atoms in total. The molecule has 1 fully saturated rings. The van der Waals surface area contributed by atoms with E-state index < -0.39 is 0 Å². The van der Waals surface area contributed by atoms with E-state index in [0.717, 1.165) is 19.4 Å². The Morgan fingerprint density at radius 3 is 3.00 bits per heavy atom. The van der Waals surface area contributed by atoms with Crippen LogP contribution in [-0.2, 0) is 5.54 Å². The standard InChI is InChI=1S/C12H14FNO2/c1-12(5-2-6-14-12)8-3-4-9-11(10(8)13)16-7-15-9/h3-4,14H,2,5-7H2,1H3. The SMILES string of the molecule is CC1(c2ccc3c(c2F)OCO3)CCCN1. The Hall–Kier alpha value is -1.29. The van der Waals surface area contributed by atoms with Crippen molar-refractivity contribution in [1.82, 2.24) is 5.32 Å². The lowest BCUT2D eigenvalue weighted by Crippen LogP contribution is -2.34. The summed E-state index contributed by atoms with van der Waals surface area (Å²) >= 11 is 0. The molecular weight excluding hydrogens is 209 g/mol. The minimum absolute atomic E-state index is 0.111. The van der Waals surface area contributed by atoms with Gasteiger partial charge in [-0.1, -0.05) is 6.07 Å². The molecule has 0 aromatic heterocycles. The smallest absolute Gasteiger partial charge is 0.231 e. The van der Waals surface area contributed by atoms with Gasteiger partial charge in [-0.15, -0.1) is 0 Å². The van der Waals surface area contributed by atoms with Crippen molar-refractivity contribution in [3.8, 4) is 11.5 Å². The first kappa shape index (κ1) is 9.90. The van der Waals surface area contributed by atoms with Crippen LogP contribution in [0.5, 0.6) is 11.5 Å². The lowest BCUT2D eigenvalue weighted by Gasteiger charge is -2.25. The predicted octanol–water partition coefficient (Wildman–Crippen LogP) is 2.15. The highest BCUT2D eigenvalue weighted by Gasteiger charge is 2.35. The molecule has 0 radical (unpaired) electrons. The van der Waals surface area contributed by atoms with E-state index in [1.165, 1.54) is 0 Å². The minimum atomic E-state index is -0.285. The number of hydrogen-bond donors (Lipinski definition) is 1. The van der Waals surface area contributed by atoms with Crippen molar-refractivity contribution in [2.75, 3.05) is 13.3 Å². The second-order valence-corrected chi connectivity index (χ2v) is 4.52. The van der Waals surface area contributed by atoms with Crippen molar-refractivity contribution in [3.05, 3.63) is 23.5 Å². The molecule has 2 aliphatic heterocycles. The Morgan fingerprint density at radius 1 is 1.38 bits per heavy atom. The van der Waals surface area contributed by atoms with Crippen molar-refractivity contribution < 1.29 is 13.9 Å². The number of hydrogen-bond acceptors (Lipinski definition) is 3. The van der Waals surface area contributed by atoms with Gasteiger partial charge in [0.25, 0.3) is 0 Å². The molecular formula is C12H14FNO2. The van der Waals surface area contributed by atoms with Crippen LogP contribution < -0.4 is 14.8 Å². The molecule has 2 heterocycles. The average Bonchev–Trinajstić information content (AvgIpc) is 2.87. The molecule has 0 amide bonds. The summed E-state index contributed by atoms with van der Waals surface area (Å²) in [5.74, 6) is 0.474. The van der Waals surface area contributed by atoms with Crippen molar-refractivity contribution in [2.45, 2.75) is 25.3 Å².